The van der Waals surface area contributed by atoms with Crippen molar-refractivity contribution >= 4 is 5.97 Å². The normalized spacial score (nSPS) is 31.9. The van der Waals surface area contributed by atoms with E-state index in [-0.39, 0.29) is 0 Å². The fourth-order valence-corrected chi connectivity index (χ4v) is 3.61. The van der Waals surface area contributed by atoms with E-state index in [1.165, 1.54) is 32.4 Å². The molecule has 2 saturated heterocycles. The van der Waals surface area contributed by atoms with E-state index >= 15 is 0 Å². The number of carboxylic acids is 1. The highest BCUT2D eigenvalue weighted by Crippen LogP contribution is 2.32. The summed E-state index contributed by atoms with van der Waals surface area (Å²) in [7, 11) is 0. The van der Waals surface area contributed by atoms with Crippen molar-refractivity contribution in [3.8, 4) is 0 Å². The third kappa shape index (κ3) is 2.86. The molecule has 1 aliphatic carbocycles. The Morgan fingerprint density at radius 2 is 1.61 bits per heavy atom. The Bertz CT molecular complexity index is 309. The molecule has 0 aromatic carbocycles. The van der Waals surface area contributed by atoms with E-state index in [4.69, 9.17) is 5.11 Å². The van der Waals surface area contributed by atoms with Crippen molar-refractivity contribution in [3.05, 3.63) is 0 Å². The summed E-state index contributed by atoms with van der Waals surface area (Å²) >= 11 is 0. The van der Waals surface area contributed by atoms with Crippen LogP contribution in [-0.2, 0) is 4.79 Å². The Morgan fingerprint density at radius 3 is 2.22 bits per heavy atom. The maximum absolute atomic E-state index is 10.7. The minimum Gasteiger partial charge on any atom is -0.481 e. The van der Waals surface area contributed by atoms with E-state index in [0.29, 0.717) is 12.3 Å². The molecule has 0 aromatic heterocycles. The van der Waals surface area contributed by atoms with E-state index in [1.54, 1.807) is 0 Å². The predicted octanol–water partition coefficient (Wildman–Crippen LogP) is 1.41. The van der Waals surface area contributed by atoms with E-state index in [2.05, 4.69) is 9.80 Å². The number of carboxylic acid groups (broad SMARTS) is 1. The molecule has 0 amide bonds. The highest BCUT2D eigenvalue weighted by atomic mass is 16.4. The second kappa shape index (κ2) is 5.17. The van der Waals surface area contributed by atoms with Crippen molar-refractivity contribution < 1.29 is 9.90 Å². The standard InChI is InChI=1S/C14H24N2O2/c17-14(18)9-11-3-6-15(7-4-11)13-5-8-16(10-13)12-1-2-12/h11-13H,1-10H2,(H,17,18). The molecule has 0 bridgehead atoms. The molecular formula is C14H24N2O2. The van der Waals surface area contributed by atoms with Gasteiger partial charge in [0.15, 0.2) is 0 Å². The van der Waals surface area contributed by atoms with E-state index in [9.17, 15) is 4.79 Å². The van der Waals surface area contributed by atoms with Crippen LogP contribution in [0.5, 0.6) is 0 Å². The van der Waals surface area contributed by atoms with Crippen LogP contribution >= 0.6 is 0 Å². The average Bonchev–Trinajstić information content (AvgIpc) is 3.08. The number of nitrogens with zero attached hydrogens (tertiary/aromatic N) is 2. The monoisotopic (exact) mass is 252 g/mol. The highest BCUT2D eigenvalue weighted by molar-refractivity contribution is 5.67. The molecule has 102 valence electrons. The molecule has 2 aliphatic heterocycles. The number of carbonyl (C=O) groups is 1. The minimum atomic E-state index is -0.630. The second-order valence-electron chi connectivity index (χ2n) is 6.25. The van der Waals surface area contributed by atoms with Gasteiger partial charge in [-0.05, 0) is 51.1 Å². The summed E-state index contributed by atoms with van der Waals surface area (Å²) in [5.74, 6) is -0.214. The van der Waals surface area contributed by atoms with Crippen LogP contribution in [-0.4, -0.2) is 59.1 Å². The molecule has 1 unspecified atom stereocenters. The highest BCUT2D eigenvalue weighted by Gasteiger charge is 2.37. The lowest BCUT2D eigenvalue weighted by molar-refractivity contribution is -0.138. The molecule has 1 saturated carbocycles. The number of likely N-dealkylation sites (tertiary alicyclic amines) is 2. The maximum Gasteiger partial charge on any atom is 0.303 e. The first-order chi connectivity index (χ1) is 8.72. The molecule has 3 rings (SSSR count). The molecule has 4 nitrogen and oxygen atoms in total. The summed E-state index contributed by atoms with van der Waals surface area (Å²) in [6, 6.07) is 1.65. The van der Waals surface area contributed by atoms with Crippen LogP contribution in [0.2, 0.25) is 0 Å². The van der Waals surface area contributed by atoms with Crippen molar-refractivity contribution in [2.45, 2.75) is 50.6 Å². The molecular weight excluding hydrogens is 228 g/mol. The van der Waals surface area contributed by atoms with Gasteiger partial charge in [0.05, 0.1) is 0 Å². The summed E-state index contributed by atoms with van der Waals surface area (Å²) in [5, 5.41) is 8.83. The van der Waals surface area contributed by atoms with Gasteiger partial charge in [-0.15, -0.1) is 0 Å². The lowest BCUT2D eigenvalue weighted by atomic mass is 9.92. The first-order valence-electron chi connectivity index (χ1n) is 7.42. The number of aliphatic carboxylic acids is 1. The summed E-state index contributed by atoms with van der Waals surface area (Å²) in [6.07, 6.45) is 6.66. The van der Waals surface area contributed by atoms with Crippen LogP contribution in [0.25, 0.3) is 0 Å². The zero-order chi connectivity index (χ0) is 12.5. The summed E-state index contributed by atoms with van der Waals surface area (Å²) in [5.41, 5.74) is 0. The molecule has 0 spiro atoms. The van der Waals surface area contributed by atoms with Crippen molar-refractivity contribution in [1.82, 2.24) is 9.80 Å². The van der Waals surface area contributed by atoms with Gasteiger partial charge >= 0.3 is 5.97 Å². The van der Waals surface area contributed by atoms with E-state index in [0.717, 1.165) is 38.0 Å². The lowest BCUT2D eigenvalue weighted by Crippen LogP contribution is -2.43. The van der Waals surface area contributed by atoms with Crippen molar-refractivity contribution in [3.63, 3.8) is 0 Å². The number of hydrogen-bond donors (Lipinski definition) is 1. The zero-order valence-corrected chi connectivity index (χ0v) is 11.1. The number of hydrogen-bond acceptors (Lipinski definition) is 3. The Hall–Kier alpha value is -0.610. The molecule has 0 aromatic rings. The molecule has 18 heavy (non-hydrogen) atoms. The van der Waals surface area contributed by atoms with Gasteiger partial charge in [0.1, 0.15) is 0 Å². The van der Waals surface area contributed by atoms with E-state index in [1.807, 2.05) is 0 Å². The van der Waals surface area contributed by atoms with Gasteiger partial charge in [-0.25, -0.2) is 0 Å². The van der Waals surface area contributed by atoms with Gasteiger partial charge in [-0.1, -0.05) is 0 Å². The molecule has 1 N–H and O–H groups in total. The van der Waals surface area contributed by atoms with E-state index < -0.39 is 5.97 Å². The van der Waals surface area contributed by atoms with Gasteiger partial charge in [0.25, 0.3) is 0 Å². The fourth-order valence-electron chi connectivity index (χ4n) is 3.61. The Kier molecular flexibility index (Phi) is 3.57. The molecule has 4 heteroatoms. The minimum absolute atomic E-state index is 0.368. The first-order valence-corrected chi connectivity index (χ1v) is 7.42. The van der Waals surface area contributed by atoms with Crippen LogP contribution in [0, 0.1) is 5.92 Å². The largest absolute Gasteiger partial charge is 0.481 e. The van der Waals surface area contributed by atoms with Crippen molar-refractivity contribution in [1.29, 1.82) is 0 Å². The van der Waals surface area contributed by atoms with Gasteiger partial charge in [0.2, 0.25) is 0 Å². The molecule has 0 radical (unpaired) electrons. The Labute approximate surface area is 109 Å². The van der Waals surface area contributed by atoms with Gasteiger partial charge < -0.3 is 5.11 Å². The summed E-state index contributed by atoms with van der Waals surface area (Å²) in [6.45, 7) is 4.76. The van der Waals surface area contributed by atoms with Gasteiger partial charge in [-0.3, -0.25) is 14.6 Å². The quantitative estimate of drug-likeness (QED) is 0.821. The Morgan fingerprint density at radius 1 is 0.944 bits per heavy atom. The van der Waals surface area contributed by atoms with Gasteiger partial charge in [0, 0.05) is 31.6 Å². The molecule has 3 fully saturated rings. The average molecular weight is 252 g/mol. The van der Waals surface area contributed by atoms with Crippen LogP contribution in [0.3, 0.4) is 0 Å². The summed E-state index contributed by atoms with van der Waals surface area (Å²) < 4.78 is 0. The SMILES string of the molecule is O=C(O)CC1CCN(C2CCN(C3CC3)C2)CC1. The van der Waals surface area contributed by atoms with Crippen molar-refractivity contribution in [2.24, 2.45) is 5.92 Å². The lowest BCUT2D eigenvalue weighted by Gasteiger charge is -2.35. The molecule has 3 aliphatic rings. The predicted molar refractivity (Wildman–Crippen MR) is 69.5 cm³/mol. The zero-order valence-electron chi connectivity index (χ0n) is 11.1. The third-order valence-corrected chi connectivity index (χ3v) is 4.89. The summed E-state index contributed by atoms with van der Waals surface area (Å²) in [4.78, 5) is 16.0. The van der Waals surface area contributed by atoms with Crippen LogP contribution in [0.4, 0.5) is 0 Å². The number of piperidine rings is 1. The van der Waals surface area contributed by atoms with Gasteiger partial charge in [-0.2, -0.15) is 0 Å². The smallest absolute Gasteiger partial charge is 0.303 e. The molecule has 1 atom stereocenters. The first kappa shape index (κ1) is 12.4. The maximum atomic E-state index is 10.7. The van der Waals surface area contributed by atoms with Crippen LogP contribution < -0.4 is 0 Å². The van der Waals surface area contributed by atoms with Crippen LogP contribution in [0.15, 0.2) is 0 Å². The third-order valence-electron chi connectivity index (χ3n) is 4.89. The topological polar surface area (TPSA) is 43.8 Å². The Balaban J connectivity index is 1.43. The van der Waals surface area contributed by atoms with Crippen molar-refractivity contribution in [2.75, 3.05) is 26.2 Å². The molecule has 2 heterocycles. The van der Waals surface area contributed by atoms with Crippen LogP contribution in [0.1, 0.15) is 38.5 Å². The number of rotatable bonds is 4. The fraction of sp³-hybridized carbons (Fsp3) is 0.929. The second-order valence-corrected chi connectivity index (χ2v) is 6.25.